The van der Waals surface area contributed by atoms with Crippen molar-refractivity contribution in [2.45, 2.75) is 20.4 Å². The number of aryl methyl sites for hydroxylation is 1. The summed E-state index contributed by atoms with van der Waals surface area (Å²) in [6, 6.07) is 16.7. The summed E-state index contributed by atoms with van der Waals surface area (Å²) < 4.78 is 20.9. The van der Waals surface area contributed by atoms with E-state index in [0.29, 0.717) is 0 Å². The molecule has 4 heteroatoms. The third-order valence-electron chi connectivity index (χ3n) is 5.16. The van der Waals surface area contributed by atoms with Crippen molar-refractivity contribution >= 4 is 10.9 Å². The van der Waals surface area contributed by atoms with E-state index in [2.05, 4.69) is 41.6 Å². The van der Waals surface area contributed by atoms with Gasteiger partial charge in [-0.05, 0) is 67.4 Å². The van der Waals surface area contributed by atoms with Gasteiger partial charge in [-0.15, -0.1) is 0 Å². The monoisotopic (exact) mass is 360 g/mol. The van der Waals surface area contributed by atoms with E-state index in [9.17, 15) is 4.39 Å². The summed E-state index contributed by atoms with van der Waals surface area (Å²) in [6.45, 7) is 5.00. The number of fused-ring (bicyclic) bond motifs is 1. The fraction of sp³-hybridized carbons (Fsp3) is 0.174. The van der Waals surface area contributed by atoms with Crippen LogP contribution in [-0.4, -0.2) is 16.7 Å². The van der Waals surface area contributed by atoms with Crippen LogP contribution in [0.3, 0.4) is 0 Å². The Kier molecular flexibility index (Phi) is 4.40. The average Bonchev–Trinajstić information content (AvgIpc) is 2.94. The molecule has 0 amide bonds. The van der Waals surface area contributed by atoms with Crippen molar-refractivity contribution in [2.24, 2.45) is 0 Å². The van der Waals surface area contributed by atoms with Crippen molar-refractivity contribution < 1.29 is 9.13 Å². The molecule has 0 aliphatic carbocycles. The van der Waals surface area contributed by atoms with Gasteiger partial charge in [0.2, 0.25) is 0 Å². The quantitative estimate of drug-likeness (QED) is 0.479. The topological polar surface area (TPSA) is 27.1 Å². The lowest BCUT2D eigenvalue weighted by Crippen LogP contribution is -2.03. The van der Waals surface area contributed by atoms with Gasteiger partial charge in [0.1, 0.15) is 11.6 Å². The van der Waals surface area contributed by atoms with E-state index in [0.717, 1.165) is 29.1 Å². The third kappa shape index (κ3) is 3.08. The molecular formula is C23H21FN2O. The lowest BCUT2D eigenvalue weighted by molar-refractivity contribution is 0.414. The number of hydrogen-bond acceptors (Lipinski definition) is 2. The molecule has 0 N–H and O–H groups in total. The fourth-order valence-corrected chi connectivity index (χ4v) is 3.53. The normalized spacial score (nSPS) is 11.1. The van der Waals surface area contributed by atoms with Crippen LogP contribution < -0.4 is 4.74 Å². The number of aromatic nitrogens is 2. The largest absolute Gasteiger partial charge is 0.497 e. The van der Waals surface area contributed by atoms with E-state index in [-0.39, 0.29) is 5.82 Å². The number of hydrogen-bond donors (Lipinski definition) is 0. The summed E-state index contributed by atoms with van der Waals surface area (Å²) in [5, 5.41) is 1.18. The second kappa shape index (κ2) is 6.88. The molecule has 4 rings (SSSR count). The van der Waals surface area contributed by atoms with Crippen molar-refractivity contribution in [3.8, 4) is 17.0 Å². The average molecular weight is 360 g/mol. The van der Waals surface area contributed by atoms with E-state index in [1.54, 1.807) is 19.2 Å². The molecule has 0 atom stereocenters. The van der Waals surface area contributed by atoms with Gasteiger partial charge in [-0.3, -0.25) is 4.98 Å². The maximum Gasteiger partial charge on any atom is 0.123 e. The van der Waals surface area contributed by atoms with Gasteiger partial charge in [-0.25, -0.2) is 4.39 Å². The highest BCUT2D eigenvalue weighted by atomic mass is 19.1. The van der Waals surface area contributed by atoms with Crippen LogP contribution in [0.5, 0.6) is 5.75 Å². The highest BCUT2D eigenvalue weighted by molar-refractivity contribution is 5.95. The molecule has 0 unspecified atom stereocenters. The van der Waals surface area contributed by atoms with Crippen LogP contribution in [0.15, 0.2) is 60.8 Å². The molecule has 136 valence electrons. The van der Waals surface area contributed by atoms with Crippen molar-refractivity contribution in [3.05, 3.63) is 83.4 Å². The Morgan fingerprint density at radius 1 is 0.963 bits per heavy atom. The number of pyridine rings is 1. The Labute approximate surface area is 158 Å². The van der Waals surface area contributed by atoms with Gasteiger partial charge in [0.05, 0.1) is 18.3 Å². The minimum Gasteiger partial charge on any atom is -0.497 e. The van der Waals surface area contributed by atoms with Crippen LogP contribution in [-0.2, 0) is 6.54 Å². The molecule has 4 aromatic rings. The van der Waals surface area contributed by atoms with E-state index in [4.69, 9.17) is 4.74 Å². The molecule has 0 saturated heterocycles. The Morgan fingerprint density at radius 3 is 2.33 bits per heavy atom. The lowest BCUT2D eigenvalue weighted by atomic mass is 10.1. The number of benzene rings is 2. The number of ether oxygens (including phenoxy) is 1. The summed E-state index contributed by atoms with van der Waals surface area (Å²) in [6.07, 6.45) is 1.82. The maximum absolute atomic E-state index is 13.4. The Morgan fingerprint density at radius 2 is 1.67 bits per heavy atom. The summed E-state index contributed by atoms with van der Waals surface area (Å²) in [5.74, 6) is 0.601. The van der Waals surface area contributed by atoms with Crippen LogP contribution >= 0.6 is 0 Å². The second-order valence-electron chi connectivity index (χ2n) is 6.71. The van der Waals surface area contributed by atoms with E-state index >= 15 is 0 Å². The highest BCUT2D eigenvalue weighted by Gasteiger charge is 2.16. The second-order valence-corrected chi connectivity index (χ2v) is 6.71. The molecule has 3 nitrogen and oxygen atoms in total. The lowest BCUT2D eigenvalue weighted by Gasteiger charge is -2.12. The molecule has 27 heavy (non-hydrogen) atoms. The Hall–Kier alpha value is -3.14. The minimum atomic E-state index is -0.244. The molecule has 2 heterocycles. The Balaban J connectivity index is 1.88. The van der Waals surface area contributed by atoms with Gasteiger partial charge >= 0.3 is 0 Å². The van der Waals surface area contributed by atoms with Crippen LogP contribution in [0.2, 0.25) is 0 Å². The van der Waals surface area contributed by atoms with Crippen LogP contribution in [0.4, 0.5) is 4.39 Å². The molecule has 0 aliphatic heterocycles. The first-order valence-electron chi connectivity index (χ1n) is 8.91. The van der Waals surface area contributed by atoms with Crippen LogP contribution in [0, 0.1) is 19.7 Å². The zero-order valence-corrected chi connectivity index (χ0v) is 15.7. The summed E-state index contributed by atoms with van der Waals surface area (Å²) in [4.78, 5) is 4.63. The number of rotatable bonds is 4. The first-order valence-corrected chi connectivity index (χ1v) is 8.91. The number of methoxy groups -OCH3 is 1. The van der Waals surface area contributed by atoms with Gasteiger partial charge in [0, 0.05) is 29.4 Å². The zero-order valence-electron chi connectivity index (χ0n) is 15.7. The molecule has 0 aliphatic rings. The summed E-state index contributed by atoms with van der Waals surface area (Å²) in [7, 11) is 1.67. The van der Waals surface area contributed by atoms with Gasteiger partial charge in [-0.1, -0.05) is 12.1 Å². The van der Waals surface area contributed by atoms with Crippen LogP contribution in [0.1, 0.15) is 16.8 Å². The first-order chi connectivity index (χ1) is 13.1. The van der Waals surface area contributed by atoms with E-state index in [1.165, 1.54) is 34.3 Å². The van der Waals surface area contributed by atoms with Crippen molar-refractivity contribution in [1.82, 2.24) is 9.55 Å². The highest BCUT2D eigenvalue weighted by Crippen LogP contribution is 2.33. The number of halogens is 1. The van der Waals surface area contributed by atoms with Gasteiger partial charge in [-0.2, -0.15) is 0 Å². The van der Waals surface area contributed by atoms with Gasteiger partial charge in [0.15, 0.2) is 0 Å². The van der Waals surface area contributed by atoms with Crippen molar-refractivity contribution in [3.63, 3.8) is 0 Å². The van der Waals surface area contributed by atoms with Gasteiger partial charge < -0.3 is 9.30 Å². The van der Waals surface area contributed by atoms with Crippen LogP contribution in [0.25, 0.3) is 22.2 Å². The summed E-state index contributed by atoms with van der Waals surface area (Å²) in [5.41, 5.74) is 6.49. The van der Waals surface area contributed by atoms with Crippen molar-refractivity contribution in [2.75, 3.05) is 7.11 Å². The minimum absolute atomic E-state index is 0.244. The smallest absolute Gasteiger partial charge is 0.123 e. The molecule has 2 aromatic carbocycles. The third-order valence-corrected chi connectivity index (χ3v) is 5.16. The molecule has 0 spiro atoms. The predicted molar refractivity (Wildman–Crippen MR) is 107 cm³/mol. The molecule has 0 fully saturated rings. The maximum atomic E-state index is 13.4. The standard InChI is InChI=1S/C23H21FN2O/c1-15-16(2)26(14-17-4-10-20(27-3)11-5-17)23-21(15)12-13-25-22(23)18-6-8-19(24)9-7-18/h4-13H,14H2,1-3H3. The molecule has 0 bridgehead atoms. The summed E-state index contributed by atoms with van der Waals surface area (Å²) >= 11 is 0. The first kappa shape index (κ1) is 17.3. The zero-order chi connectivity index (χ0) is 19.0. The molecule has 0 saturated carbocycles. The molecule has 2 aromatic heterocycles. The van der Waals surface area contributed by atoms with Crippen molar-refractivity contribution in [1.29, 1.82) is 0 Å². The fourth-order valence-electron chi connectivity index (χ4n) is 3.53. The van der Waals surface area contributed by atoms with Gasteiger partial charge in [0.25, 0.3) is 0 Å². The molecular weight excluding hydrogens is 339 g/mol. The Bertz CT molecular complexity index is 1100. The van der Waals surface area contributed by atoms with E-state index in [1.807, 2.05) is 18.3 Å². The SMILES string of the molecule is COc1ccc(Cn2c(C)c(C)c3ccnc(-c4ccc(F)cc4)c32)cc1. The number of nitrogens with zero attached hydrogens (tertiary/aromatic N) is 2. The van der Waals surface area contributed by atoms with E-state index < -0.39 is 0 Å². The predicted octanol–water partition coefficient (Wildman–Crippen LogP) is 5.52. The molecule has 0 radical (unpaired) electrons.